The van der Waals surface area contributed by atoms with Crippen LogP contribution >= 0.6 is 11.6 Å². The van der Waals surface area contributed by atoms with Crippen LogP contribution in [-0.4, -0.2) is 0 Å². The molecule has 20 heavy (non-hydrogen) atoms. The molecule has 0 spiro atoms. The largest absolute Gasteiger partial charge is 0.380 e. The number of hydrogen-bond donors (Lipinski definition) is 1. The van der Waals surface area contributed by atoms with E-state index < -0.39 is 0 Å². The lowest BCUT2D eigenvalue weighted by molar-refractivity contribution is 1.12. The molecular weight excluding hydrogens is 270 g/mol. The molecule has 0 atom stereocenters. The third-order valence-corrected chi connectivity index (χ3v) is 3.35. The molecule has 0 amide bonds. The van der Waals surface area contributed by atoms with E-state index in [-0.39, 0.29) is 0 Å². The lowest BCUT2D eigenvalue weighted by atomic mass is 10.1. The van der Waals surface area contributed by atoms with Gasteiger partial charge in [0.15, 0.2) is 0 Å². The number of nitriles is 2. The van der Waals surface area contributed by atoms with E-state index in [1.807, 2.05) is 25.1 Å². The zero-order valence-electron chi connectivity index (χ0n) is 10.9. The Kier molecular flexibility index (Phi) is 4.25. The summed E-state index contributed by atoms with van der Waals surface area (Å²) >= 11 is 6.11. The van der Waals surface area contributed by atoms with Crippen molar-refractivity contribution in [2.45, 2.75) is 13.5 Å². The van der Waals surface area contributed by atoms with Gasteiger partial charge in [0, 0.05) is 6.54 Å². The van der Waals surface area contributed by atoms with E-state index in [0.29, 0.717) is 22.7 Å². The Balaban J connectivity index is 2.13. The highest BCUT2D eigenvalue weighted by molar-refractivity contribution is 6.33. The first-order chi connectivity index (χ1) is 9.63. The first kappa shape index (κ1) is 13.9. The summed E-state index contributed by atoms with van der Waals surface area (Å²) in [5, 5.41) is 21.4. The van der Waals surface area contributed by atoms with Gasteiger partial charge in [-0.3, -0.25) is 0 Å². The highest BCUT2D eigenvalue weighted by atomic mass is 35.5. The molecule has 0 saturated carbocycles. The van der Waals surface area contributed by atoms with Crippen LogP contribution in [0.4, 0.5) is 5.69 Å². The fraction of sp³-hybridized carbons (Fsp3) is 0.125. The van der Waals surface area contributed by atoms with Crippen LogP contribution in [0.3, 0.4) is 0 Å². The van der Waals surface area contributed by atoms with Crippen LogP contribution in [0, 0.1) is 29.6 Å². The van der Waals surface area contributed by atoms with Crippen molar-refractivity contribution in [3.8, 4) is 12.1 Å². The maximum atomic E-state index is 8.84. The van der Waals surface area contributed by atoms with Crippen LogP contribution in [0.25, 0.3) is 0 Å². The van der Waals surface area contributed by atoms with Gasteiger partial charge in [0.2, 0.25) is 0 Å². The molecule has 0 aliphatic rings. The lowest BCUT2D eigenvalue weighted by Crippen LogP contribution is -2.02. The van der Waals surface area contributed by atoms with E-state index in [4.69, 9.17) is 22.1 Å². The molecule has 0 saturated heterocycles. The molecule has 0 heterocycles. The average molecular weight is 282 g/mol. The minimum absolute atomic E-state index is 0.523. The molecule has 0 radical (unpaired) electrons. The number of aryl methyl sites for hydroxylation is 1. The first-order valence-corrected chi connectivity index (χ1v) is 6.45. The maximum absolute atomic E-state index is 8.84. The maximum Gasteiger partial charge on any atom is 0.0992 e. The topological polar surface area (TPSA) is 59.6 Å². The summed E-state index contributed by atoms with van der Waals surface area (Å²) in [6.07, 6.45) is 0. The highest BCUT2D eigenvalue weighted by Gasteiger charge is 2.04. The molecule has 0 unspecified atom stereocenters. The second-order valence-corrected chi connectivity index (χ2v) is 4.82. The monoisotopic (exact) mass is 281 g/mol. The number of nitrogens with one attached hydrogen (secondary N) is 1. The average Bonchev–Trinajstić information content (AvgIpc) is 2.46. The quantitative estimate of drug-likeness (QED) is 0.925. The van der Waals surface area contributed by atoms with E-state index in [9.17, 15) is 0 Å². The van der Waals surface area contributed by atoms with Crippen LogP contribution in [0.5, 0.6) is 0 Å². The van der Waals surface area contributed by atoms with E-state index in [1.165, 1.54) is 0 Å². The van der Waals surface area contributed by atoms with Crippen molar-refractivity contribution in [1.82, 2.24) is 0 Å². The van der Waals surface area contributed by atoms with E-state index in [1.54, 1.807) is 24.3 Å². The SMILES string of the molecule is Cc1cc(C#N)ccc1CNc1ccc(C#N)cc1Cl. The first-order valence-electron chi connectivity index (χ1n) is 6.07. The van der Waals surface area contributed by atoms with E-state index in [0.717, 1.165) is 16.8 Å². The van der Waals surface area contributed by atoms with Crippen molar-refractivity contribution >= 4 is 17.3 Å². The molecule has 0 aliphatic heterocycles. The van der Waals surface area contributed by atoms with Crippen LogP contribution in [0.15, 0.2) is 36.4 Å². The normalized spacial score (nSPS) is 9.60. The van der Waals surface area contributed by atoms with Crippen molar-refractivity contribution in [1.29, 1.82) is 10.5 Å². The van der Waals surface area contributed by atoms with Gasteiger partial charge in [-0.25, -0.2) is 0 Å². The zero-order chi connectivity index (χ0) is 14.5. The Morgan fingerprint density at radius 3 is 2.30 bits per heavy atom. The van der Waals surface area contributed by atoms with Crippen molar-refractivity contribution in [3.05, 3.63) is 63.7 Å². The Hall–Kier alpha value is -2.49. The molecule has 2 aromatic carbocycles. The Morgan fingerprint density at radius 2 is 1.70 bits per heavy atom. The predicted octanol–water partition coefficient (Wildman–Crippen LogP) is 4.00. The third kappa shape index (κ3) is 3.09. The van der Waals surface area contributed by atoms with Gasteiger partial charge in [-0.2, -0.15) is 10.5 Å². The molecule has 0 aromatic heterocycles. The van der Waals surface area contributed by atoms with Gasteiger partial charge in [-0.1, -0.05) is 17.7 Å². The number of halogens is 1. The minimum Gasteiger partial charge on any atom is -0.380 e. The van der Waals surface area contributed by atoms with Gasteiger partial charge in [0.05, 0.1) is 34.0 Å². The van der Waals surface area contributed by atoms with Gasteiger partial charge in [0.25, 0.3) is 0 Å². The molecule has 0 fully saturated rings. The van der Waals surface area contributed by atoms with Gasteiger partial charge < -0.3 is 5.32 Å². The fourth-order valence-corrected chi connectivity index (χ4v) is 2.13. The summed E-state index contributed by atoms with van der Waals surface area (Å²) in [4.78, 5) is 0. The Bertz CT molecular complexity index is 660. The molecule has 4 heteroatoms. The van der Waals surface area contributed by atoms with E-state index >= 15 is 0 Å². The molecule has 1 N–H and O–H groups in total. The molecule has 3 nitrogen and oxygen atoms in total. The van der Waals surface area contributed by atoms with Crippen LogP contribution < -0.4 is 5.32 Å². The molecule has 2 rings (SSSR count). The highest BCUT2D eigenvalue weighted by Crippen LogP contribution is 2.23. The summed E-state index contributed by atoms with van der Waals surface area (Å²) in [5.74, 6) is 0. The van der Waals surface area contributed by atoms with Gasteiger partial charge in [-0.15, -0.1) is 0 Å². The summed E-state index contributed by atoms with van der Waals surface area (Å²) in [6.45, 7) is 2.58. The number of nitrogens with zero attached hydrogens (tertiary/aromatic N) is 2. The van der Waals surface area contributed by atoms with Crippen LogP contribution in [0.2, 0.25) is 5.02 Å². The van der Waals surface area contributed by atoms with Crippen molar-refractivity contribution < 1.29 is 0 Å². The number of benzene rings is 2. The zero-order valence-corrected chi connectivity index (χ0v) is 11.7. The molecule has 0 aliphatic carbocycles. The lowest BCUT2D eigenvalue weighted by Gasteiger charge is -2.11. The Labute approximate surface area is 123 Å². The Morgan fingerprint density at radius 1 is 1.05 bits per heavy atom. The van der Waals surface area contributed by atoms with Gasteiger partial charge in [-0.05, 0) is 48.4 Å². The second kappa shape index (κ2) is 6.10. The number of anilines is 1. The molecule has 2 aromatic rings. The van der Waals surface area contributed by atoms with Crippen molar-refractivity contribution in [2.75, 3.05) is 5.32 Å². The van der Waals surface area contributed by atoms with E-state index in [2.05, 4.69) is 11.4 Å². The smallest absolute Gasteiger partial charge is 0.0992 e. The van der Waals surface area contributed by atoms with Crippen LogP contribution in [-0.2, 0) is 6.54 Å². The van der Waals surface area contributed by atoms with Gasteiger partial charge >= 0.3 is 0 Å². The molecule has 98 valence electrons. The summed E-state index contributed by atoms with van der Waals surface area (Å²) in [6, 6.07) is 14.9. The standard InChI is InChI=1S/C16H12ClN3/c1-11-6-12(8-18)2-4-14(11)10-20-16-5-3-13(9-19)7-15(16)17/h2-7,20H,10H2,1H3. The minimum atomic E-state index is 0.523. The number of hydrogen-bond acceptors (Lipinski definition) is 3. The van der Waals surface area contributed by atoms with Gasteiger partial charge in [0.1, 0.15) is 0 Å². The van der Waals surface area contributed by atoms with Crippen molar-refractivity contribution in [3.63, 3.8) is 0 Å². The summed E-state index contributed by atoms with van der Waals surface area (Å²) in [5.41, 5.74) is 4.14. The molecule has 0 bridgehead atoms. The predicted molar refractivity (Wildman–Crippen MR) is 79.4 cm³/mol. The number of rotatable bonds is 3. The summed E-state index contributed by atoms with van der Waals surface area (Å²) < 4.78 is 0. The molecular formula is C16H12ClN3. The van der Waals surface area contributed by atoms with Crippen LogP contribution in [0.1, 0.15) is 22.3 Å². The third-order valence-electron chi connectivity index (χ3n) is 3.04. The fourth-order valence-electron chi connectivity index (χ4n) is 1.88. The second-order valence-electron chi connectivity index (χ2n) is 4.41. The summed E-state index contributed by atoms with van der Waals surface area (Å²) in [7, 11) is 0. The van der Waals surface area contributed by atoms with Crippen molar-refractivity contribution in [2.24, 2.45) is 0 Å².